The first-order valence-electron chi connectivity index (χ1n) is 8.01. The van der Waals surface area contributed by atoms with E-state index in [-0.39, 0.29) is 22.8 Å². The number of azo groups is 1. The molecule has 0 saturated heterocycles. The van der Waals surface area contributed by atoms with E-state index in [1.165, 1.54) is 11.1 Å². The topological polar surface area (TPSA) is 45.0 Å². The molecule has 4 rings (SSSR count). The van der Waals surface area contributed by atoms with E-state index in [1.54, 1.807) is 24.3 Å². The molecule has 4 aromatic carbocycles. The predicted octanol–water partition coefficient (Wildman–Crippen LogP) is 6.60. The van der Waals surface area contributed by atoms with Crippen molar-refractivity contribution in [1.82, 2.24) is 0 Å². The maximum atomic E-state index is 9.19. The van der Waals surface area contributed by atoms with Crippen LogP contribution >= 0.6 is 0 Å². The van der Waals surface area contributed by atoms with Gasteiger partial charge in [0, 0.05) is 0 Å². The van der Waals surface area contributed by atoms with Crippen molar-refractivity contribution in [1.29, 1.82) is 0 Å². The number of hydrogen-bond donors (Lipinski definition) is 1. The first kappa shape index (κ1) is 19.4. The van der Waals surface area contributed by atoms with Gasteiger partial charge in [0.25, 0.3) is 0 Å². The van der Waals surface area contributed by atoms with E-state index in [0.717, 1.165) is 5.69 Å². The molecule has 0 aliphatic carbocycles. The van der Waals surface area contributed by atoms with Gasteiger partial charge in [-0.3, -0.25) is 0 Å². The molecule has 130 valence electrons. The van der Waals surface area contributed by atoms with Gasteiger partial charge >= 0.3 is 17.1 Å². The summed E-state index contributed by atoms with van der Waals surface area (Å²) < 4.78 is 0. The van der Waals surface area contributed by atoms with Crippen LogP contribution in [0.2, 0.25) is 0 Å². The Kier molecular flexibility index (Phi) is 7.56. The molecule has 0 spiro atoms. The SMILES string of the molecule is Oc1ccc(N=Nc2ccc(-[c-]3cccc3)cc2)cc1.[Fe+2].c1cc[cH-]c1. The van der Waals surface area contributed by atoms with Crippen LogP contribution in [0.1, 0.15) is 0 Å². The number of phenolic OH excluding ortho intramolecular Hbond substituents is 1. The van der Waals surface area contributed by atoms with Crippen LogP contribution in [0, 0.1) is 0 Å². The fourth-order valence-electron chi connectivity index (χ4n) is 2.24. The van der Waals surface area contributed by atoms with Gasteiger partial charge < -0.3 is 5.11 Å². The third-order valence-corrected chi connectivity index (χ3v) is 3.55. The molecule has 0 heterocycles. The largest absolute Gasteiger partial charge is 2.00 e. The molecule has 0 atom stereocenters. The van der Waals surface area contributed by atoms with Crippen molar-refractivity contribution in [2.75, 3.05) is 0 Å². The van der Waals surface area contributed by atoms with E-state index in [2.05, 4.69) is 22.4 Å². The second-order valence-corrected chi connectivity index (χ2v) is 5.40. The average molecular weight is 382 g/mol. The summed E-state index contributed by atoms with van der Waals surface area (Å²) in [6, 6.07) is 32.7. The Hall–Kier alpha value is -2.94. The molecule has 3 nitrogen and oxygen atoms in total. The van der Waals surface area contributed by atoms with Crippen molar-refractivity contribution in [3.05, 3.63) is 103 Å². The Morgan fingerprint density at radius 2 is 1.19 bits per heavy atom. The second-order valence-electron chi connectivity index (χ2n) is 5.40. The van der Waals surface area contributed by atoms with Crippen LogP contribution in [-0.2, 0) is 17.1 Å². The third-order valence-electron chi connectivity index (χ3n) is 3.55. The molecular weight excluding hydrogens is 364 g/mol. The van der Waals surface area contributed by atoms with Crippen molar-refractivity contribution in [2.45, 2.75) is 0 Å². The van der Waals surface area contributed by atoms with E-state index in [9.17, 15) is 5.11 Å². The van der Waals surface area contributed by atoms with Crippen molar-refractivity contribution >= 4 is 11.4 Å². The van der Waals surface area contributed by atoms with Gasteiger partial charge in [-0.25, -0.2) is 12.1 Å². The smallest absolute Gasteiger partial charge is 0.508 e. The summed E-state index contributed by atoms with van der Waals surface area (Å²) >= 11 is 0. The molecule has 0 radical (unpaired) electrons. The number of aromatic hydroxyl groups is 1. The van der Waals surface area contributed by atoms with Crippen LogP contribution in [0.25, 0.3) is 11.1 Å². The first-order chi connectivity index (χ1) is 12.3. The predicted molar refractivity (Wildman–Crippen MR) is 102 cm³/mol. The van der Waals surface area contributed by atoms with E-state index in [0.29, 0.717) is 5.69 Å². The molecule has 0 aromatic heterocycles. The maximum Gasteiger partial charge on any atom is 2.00 e. The Labute approximate surface area is 163 Å². The zero-order valence-electron chi connectivity index (χ0n) is 14.0. The molecule has 0 saturated carbocycles. The van der Waals surface area contributed by atoms with Gasteiger partial charge in [-0.1, -0.05) is 17.7 Å². The molecule has 0 aliphatic heterocycles. The Morgan fingerprint density at radius 1 is 0.692 bits per heavy atom. The molecule has 0 bridgehead atoms. The van der Waals surface area contributed by atoms with Gasteiger partial charge in [-0.2, -0.15) is 40.6 Å². The van der Waals surface area contributed by atoms with Crippen LogP contribution in [0.4, 0.5) is 11.4 Å². The fourth-order valence-corrected chi connectivity index (χ4v) is 2.24. The van der Waals surface area contributed by atoms with E-state index < -0.39 is 0 Å². The molecule has 0 fully saturated rings. The third kappa shape index (κ3) is 5.85. The number of rotatable bonds is 3. The summed E-state index contributed by atoms with van der Waals surface area (Å²) in [4.78, 5) is 0. The number of hydrogen-bond acceptors (Lipinski definition) is 3. The Morgan fingerprint density at radius 3 is 1.65 bits per heavy atom. The summed E-state index contributed by atoms with van der Waals surface area (Å²) in [7, 11) is 0. The van der Waals surface area contributed by atoms with Gasteiger partial charge in [0.2, 0.25) is 0 Å². The van der Waals surface area contributed by atoms with Crippen LogP contribution in [0.15, 0.2) is 113 Å². The van der Waals surface area contributed by atoms with Crippen LogP contribution < -0.4 is 0 Å². The average Bonchev–Trinajstić information content (AvgIpc) is 3.38. The van der Waals surface area contributed by atoms with Crippen LogP contribution in [0.5, 0.6) is 5.75 Å². The quantitative estimate of drug-likeness (QED) is 0.242. The monoisotopic (exact) mass is 382 g/mol. The van der Waals surface area contributed by atoms with E-state index in [4.69, 9.17) is 0 Å². The summed E-state index contributed by atoms with van der Waals surface area (Å²) in [5.74, 6) is 0.225. The van der Waals surface area contributed by atoms with Crippen LogP contribution in [-0.4, -0.2) is 5.11 Å². The standard InChI is InChI=1S/C17H13N2O.C5H5.Fe/c20-17-11-9-16(10-12-17)19-18-15-7-5-14(6-8-15)13-3-1-2-4-13;1-2-4-5-3-1;/h1-12,20H;1-5H;/q2*-1;+2. The molecule has 0 aliphatic rings. The number of phenols is 1. The van der Waals surface area contributed by atoms with Gasteiger partial charge in [0.15, 0.2) is 0 Å². The molecular formula is C22H18FeN2O. The van der Waals surface area contributed by atoms with Gasteiger partial charge in [0.1, 0.15) is 5.75 Å². The minimum atomic E-state index is 0. The summed E-state index contributed by atoms with van der Waals surface area (Å²) in [6.07, 6.45) is 0. The molecule has 1 N–H and O–H groups in total. The molecule has 0 amide bonds. The number of benzene rings is 2. The van der Waals surface area contributed by atoms with Crippen LogP contribution in [0.3, 0.4) is 0 Å². The molecule has 4 heteroatoms. The summed E-state index contributed by atoms with van der Waals surface area (Å²) in [5, 5.41) is 17.5. The van der Waals surface area contributed by atoms with Crippen molar-refractivity contribution in [2.24, 2.45) is 10.2 Å². The Bertz CT molecular complexity index is 861. The van der Waals surface area contributed by atoms with E-state index >= 15 is 0 Å². The number of nitrogens with zero attached hydrogens (tertiary/aromatic N) is 2. The zero-order chi connectivity index (χ0) is 17.3. The van der Waals surface area contributed by atoms with Gasteiger partial charge in [-0.05, 0) is 24.3 Å². The molecule has 26 heavy (non-hydrogen) atoms. The van der Waals surface area contributed by atoms with Crippen molar-refractivity contribution < 1.29 is 22.2 Å². The molecule has 4 aromatic rings. The van der Waals surface area contributed by atoms with Crippen molar-refractivity contribution in [3.8, 4) is 16.9 Å². The molecule has 0 unspecified atom stereocenters. The zero-order valence-corrected chi connectivity index (χ0v) is 15.1. The van der Waals surface area contributed by atoms with Crippen molar-refractivity contribution in [3.63, 3.8) is 0 Å². The fraction of sp³-hybridized carbons (Fsp3) is 0. The van der Waals surface area contributed by atoms with Gasteiger partial charge in [0.05, 0.1) is 11.4 Å². The normalized spacial score (nSPS) is 10.0. The van der Waals surface area contributed by atoms with E-state index in [1.807, 2.05) is 66.7 Å². The second kappa shape index (κ2) is 10.1. The Balaban J connectivity index is 0.000000351. The van der Waals surface area contributed by atoms with Gasteiger partial charge in [-0.15, -0.1) is 29.8 Å². The minimum absolute atomic E-state index is 0. The maximum absolute atomic E-state index is 9.19. The summed E-state index contributed by atoms with van der Waals surface area (Å²) in [5.41, 5.74) is 3.88. The first-order valence-corrected chi connectivity index (χ1v) is 8.01. The summed E-state index contributed by atoms with van der Waals surface area (Å²) in [6.45, 7) is 0. The minimum Gasteiger partial charge on any atom is -0.508 e.